The van der Waals surface area contributed by atoms with E-state index in [9.17, 15) is 8.42 Å². The average molecular weight is 403 g/mol. The number of benzene rings is 2. The highest BCUT2D eigenvalue weighted by Gasteiger charge is 2.18. The van der Waals surface area contributed by atoms with Crippen molar-refractivity contribution in [2.45, 2.75) is 18.8 Å². The SMILES string of the molecule is COc1ccc(CC[C@@H](COS(C)(=O)=O)c2ccc(Cl)cc2Cl)cc1. The normalized spacial score (nSPS) is 12.8. The van der Waals surface area contributed by atoms with E-state index in [1.807, 2.05) is 30.3 Å². The van der Waals surface area contributed by atoms with Crippen LogP contribution in [0.15, 0.2) is 42.5 Å². The Morgan fingerprint density at radius 2 is 1.76 bits per heavy atom. The van der Waals surface area contributed by atoms with Crippen LogP contribution in [-0.2, 0) is 20.7 Å². The molecule has 0 saturated heterocycles. The summed E-state index contributed by atoms with van der Waals surface area (Å²) in [6.45, 7) is 0.0380. The fourth-order valence-corrected chi connectivity index (χ4v) is 3.47. The fraction of sp³-hybridized carbons (Fsp3) is 0.333. The second-order valence-electron chi connectivity index (χ2n) is 5.74. The van der Waals surface area contributed by atoms with Crippen LogP contribution in [0.5, 0.6) is 5.75 Å². The van der Waals surface area contributed by atoms with E-state index in [-0.39, 0.29) is 12.5 Å². The molecule has 0 aliphatic carbocycles. The molecule has 0 heterocycles. The van der Waals surface area contributed by atoms with Crippen molar-refractivity contribution < 1.29 is 17.3 Å². The molecule has 0 N–H and O–H groups in total. The van der Waals surface area contributed by atoms with Crippen molar-refractivity contribution in [2.24, 2.45) is 0 Å². The van der Waals surface area contributed by atoms with Crippen molar-refractivity contribution in [1.82, 2.24) is 0 Å². The van der Waals surface area contributed by atoms with Crippen LogP contribution in [0, 0.1) is 0 Å². The Morgan fingerprint density at radius 3 is 2.32 bits per heavy atom. The Morgan fingerprint density at radius 1 is 1.08 bits per heavy atom. The van der Waals surface area contributed by atoms with Gasteiger partial charge in [0.2, 0.25) is 0 Å². The second kappa shape index (κ2) is 8.90. The van der Waals surface area contributed by atoms with Gasteiger partial charge in [-0.05, 0) is 48.2 Å². The summed E-state index contributed by atoms with van der Waals surface area (Å²) in [7, 11) is -1.90. The topological polar surface area (TPSA) is 52.6 Å². The maximum Gasteiger partial charge on any atom is 0.264 e. The third kappa shape index (κ3) is 6.51. The maximum absolute atomic E-state index is 11.4. The lowest BCUT2D eigenvalue weighted by atomic mass is 9.93. The smallest absolute Gasteiger partial charge is 0.264 e. The predicted molar refractivity (Wildman–Crippen MR) is 101 cm³/mol. The zero-order valence-electron chi connectivity index (χ0n) is 14.0. The summed E-state index contributed by atoms with van der Waals surface area (Å²) in [5, 5.41) is 1.04. The molecule has 25 heavy (non-hydrogen) atoms. The van der Waals surface area contributed by atoms with E-state index in [0.29, 0.717) is 16.5 Å². The number of aryl methyl sites for hydroxylation is 1. The molecular formula is C18H20Cl2O4S. The molecular weight excluding hydrogens is 383 g/mol. The molecule has 2 rings (SSSR count). The Labute approximate surface area is 158 Å². The van der Waals surface area contributed by atoms with Crippen LogP contribution in [0.3, 0.4) is 0 Å². The Hall–Kier alpha value is -1.27. The van der Waals surface area contributed by atoms with Gasteiger partial charge in [-0.15, -0.1) is 0 Å². The van der Waals surface area contributed by atoms with E-state index >= 15 is 0 Å². The third-order valence-corrected chi connectivity index (χ3v) is 4.95. The standard InChI is InChI=1S/C18H20Cl2O4S/c1-23-16-8-4-13(5-9-16)3-6-14(12-24-25(2,21)22)17-10-7-15(19)11-18(17)20/h4-5,7-11,14H,3,6,12H2,1-2H3/t14-/m0/s1. The number of ether oxygens (including phenoxy) is 1. The van der Waals surface area contributed by atoms with E-state index < -0.39 is 10.1 Å². The van der Waals surface area contributed by atoms with E-state index in [1.54, 1.807) is 19.2 Å². The minimum atomic E-state index is -3.53. The number of rotatable bonds is 8. The molecule has 7 heteroatoms. The molecule has 0 spiro atoms. The van der Waals surface area contributed by atoms with E-state index in [2.05, 4.69) is 0 Å². The van der Waals surface area contributed by atoms with Gasteiger partial charge in [0.05, 0.1) is 20.0 Å². The molecule has 0 radical (unpaired) electrons. The molecule has 1 atom stereocenters. The van der Waals surface area contributed by atoms with Crippen LogP contribution in [0.4, 0.5) is 0 Å². The molecule has 0 aliphatic heterocycles. The summed E-state index contributed by atoms with van der Waals surface area (Å²) in [5.41, 5.74) is 1.94. The minimum Gasteiger partial charge on any atom is -0.497 e. The van der Waals surface area contributed by atoms with Gasteiger partial charge in [0.15, 0.2) is 0 Å². The molecule has 0 amide bonds. The summed E-state index contributed by atoms with van der Waals surface area (Å²) >= 11 is 12.2. The summed E-state index contributed by atoms with van der Waals surface area (Å²) in [4.78, 5) is 0. The van der Waals surface area contributed by atoms with Crippen LogP contribution in [0.25, 0.3) is 0 Å². The van der Waals surface area contributed by atoms with E-state index in [4.69, 9.17) is 32.1 Å². The number of methoxy groups -OCH3 is 1. The average Bonchev–Trinajstić information content (AvgIpc) is 2.55. The van der Waals surface area contributed by atoms with Gasteiger partial charge < -0.3 is 4.74 Å². The van der Waals surface area contributed by atoms with Crippen LogP contribution < -0.4 is 4.74 Å². The largest absolute Gasteiger partial charge is 0.497 e. The Balaban J connectivity index is 2.15. The second-order valence-corrected chi connectivity index (χ2v) is 8.23. The van der Waals surface area contributed by atoms with Crippen molar-refractivity contribution in [3.63, 3.8) is 0 Å². The molecule has 136 valence electrons. The number of hydrogen-bond donors (Lipinski definition) is 0. The molecule has 0 bridgehead atoms. The molecule has 2 aromatic carbocycles. The molecule has 0 aliphatic rings. The van der Waals surface area contributed by atoms with Gasteiger partial charge in [-0.2, -0.15) is 8.42 Å². The predicted octanol–water partition coefficient (Wildman–Crippen LogP) is 4.69. The summed E-state index contributed by atoms with van der Waals surface area (Å²) < 4.78 is 32.9. The summed E-state index contributed by atoms with van der Waals surface area (Å²) in [6.07, 6.45) is 2.47. The van der Waals surface area contributed by atoms with Gasteiger partial charge in [0.1, 0.15) is 5.75 Å². The van der Waals surface area contributed by atoms with E-state index in [0.717, 1.165) is 29.6 Å². The maximum atomic E-state index is 11.4. The van der Waals surface area contributed by atoms with Crippen LogP contribution in [0.2, 0.25) is 10.0 Å². The fourth-order valence-electron chi connectivity index (χ4n) is 2.50. The van der Waals surface area contributed by atoms with Crippen molar-refractivity contribution in [3.8, 4) is 5.75 Å². The van der Waals surface area contributed by atoms with Crippen LogP contribution in [0.1, 0.15) is 23.5 Å². The lowest BCUT2D eigenvalue weighted by molar-refractivity contribution is 0.288. The van der Waals surface area contributed by atoms with Gasteiger partial charge in [0.25, 0.3) is 10.1 Å². The highest BCUT2D eigenvalue weighted by Crippen LogP contribution is 2.31. The van der Waals surface area contributed by atoms with Gasteiger partial charge in [-0.3, -0.25) is 4.18 Å². The summed E-state index contributed by atoms with van der Waals surface area (Å²) in [6, 6.07) is 13.0. The molecule has 0 aromatic heterocycles. The monoisotopic (exact) mass is 402 g/mol. The Kier molecular flexibility index (Phi) is 7.14. The lowest BCUT2D eigenvalue weighted by Gasteiger charge is -2.18. The zero-order chi connectivity index (χ0) is 18.4. The highest BCUT2D eigenvalue weighted by molar-refractivity contribution is 7.85. The van der Waals surface area contributed by atoms with Crippen molar-refractivity contribution in [2.75, 3.05) is 20.0 Å². The first kappa shape index (κ1) is 20.0. The van der Waals surface area contributed by atoms with Crippen LogP contribution in [-0.4, -0.2) is 28.4 Å². The molecule has 2 aromatic rings. The van der Waals surface area contributed by atoms with Gasteiger partial charge in [-0.1, -0.05) is 41.4 Å². The minimum absolute atomic E-state index is 0.0380. The molecule has 4 nitrogen and oxygen atoms in total. The highest BCUT2D eigenvalue weighted by atomic mass is 35.5. The first-order valence-electron chi connectivity index (χ1n) is 7.71. The summed E-state index contributed by atoms with van der Waals surface area (Å²) in [5.74, 6) is 0.628. The van der Waals surface area contributed by atoms with Gasteiger partial charge in [0, 0.05) is 16.0 Å². The van der Waals surface area contributed by atoms with Crippen molar-refractivity contribution in [1.29, 1.82) is 0 Å². The van der Waals surface area contributed by atoms with Crippen molar-refractivity contribution >= 4 is 33.3 Å². The Bertz CT molecular complexity index is 804. The lowest BCUT2D eigenvalue weighted by Crippen LogP contribution is -2.13. The number of halogens is 2. The molecule has 0 fully saturated rings. The van der Waals surface area contributed by atoms with Crippen molar-refractivity contribution in [3.05, 3.63) is 63.6 Å². The third-order valence-electron chi connectivity index (χ3n) is 3.83. The van der Waals surface area contributed by atoms with Crippen LogP contribution >= 0.6 is 23.2 Å². The first-order chi connectivity index (χ1) is 11.8. The number of hydrogen-bond acceptors (Lipinski definition) is 4. The van der Waals surface area contributed by atoms with E-state index in [1.165, 1.54) is 0 Å². The quantitative estimate of drug-likeness (QED) is 0.600. The molecule has 0 unspecified atom stereocenters. The van der Waals surface area contributed by atoms with Gasteiger partial charge >= 0.3 is 0 Å². The zero-order valence-corrected chi connectivity index (χ0v) is 16.4. The van der Waals surface area contributed by atoms with Gasteiger partial charge in [-0.25, -0.2) is 0 Å². The molecule has 0 saturated carbocycles. The first-order valence-corrected chi connectivity index (χ1v) is 10.3.